The summed E-state index contributed by atoms with van der Waals surface area (Å²) in [5.74, 6) is 0.478. The molecule has 0 unspecified atom stereocenters. The molecule has 0 spiro atoms. The van der Waals surface area contributed by atoms with Crippen molar-refractivity contribution in [3.05, 3.63) is 76.0 Å². The van der Waals surface area contributed by atoms with Crippen LogP contribution in [-0.2, 0) is 6.54 Å². The molecule has 0 fully saturated rings. The molecule has 7 heteroatoms. The summed E-state index contributed by atoms with van der Waals surface area (Å²) < 4.78 is 1.71. The molecule has 1 aromatic carbocycles. The molecule has 0 saturated heterocycles. The Morgan fingerprint density at radius 1 is 1.15 bits per heavy atom. The zero-order valence-corrected chi connectivity index (χ0v) is 14.0. The third-order valence-electron chi connectivity index (χ3n) is 4.15. The van der Waals surface area contributed by atoms with Gasteiger partial charge in [0, 0.05) is 18.0 Å². The Labute approximate surface area is 148 Å². The summed E-state index contributed by atoms with van der Waals surface area (Å²) in [6.45, 7) is 2.25. The molecule has 0 aliphatic rings. The van der Waals surface area contributed by atoms with Gasteiger partial charge in [0.25, 0.3) is 5.56 Å². The number of hydrogen-bond donors (Lipinski definition) is 1. The Balaban J connectivity index is 1.83. The molecule has 0 aliphatic carbocycles. The number of H-pyrrole nitrogens is 1. The van der Waals surface area contributed by atoms with Crippen molar-refractivity contribution in [3.63, 3.8) is 0 Å². The highest BCUT2D eigenvalue weighted by Gasteiger charge is 2.15. The average molecular weight is 342 g/mol. The number of pyridine rings is 1. The number of nitriles is 1. The van der Waals surface area contributed by atoms with E-state index in [0.717, 1.165) is 11.1 Å². The summed E-state index contributed by atoms with van der Waals surface area (Å²) in [5, 5.41) is 13.9. The first-order chi connectivity index (χ1) is 12.7. The Kier molecular flexibility index (Phi) is 3.78. The van der Waals surface area contributed by atoms with Gasteiger partial charge >= 0.3 is 0 Å². The van der Waals surface area contributed by atoms with E-state index < -0.39 is 0 Å². The molecule has 3 heterocycles. The first kappa shape index (κ1) is 15.7. The van der Waals surface area contributed by atoms with Crippen LogP contribution in [0.5, 0.6) is 0 Å². The second-order valence-corrected chi connectivity index (χ2v) is 5.90. The Bertz CT molecular complexity index is 1180. The number of nitrogens with zero attached hydrogens (tertiary/aromatic N) is 5. The van der Waals surface area contributed by atoms with Gasteiger partial charge in [-0.3, -0.25) is 9.78 Å². The molecule has 4 aromatic rings. The lowest BCUT2D eigenvalue weighted by Crippen LogP contribution is -2.11. The van der Waals surface area contributed by atoms with Crippen molar-refractivity contribution in [2.75, 3.05) is 0 Å². The lowest BCUT2D eigenvalue weighted by molar-refractivity contribution is 0.696. The highest BCUT2D eigenvalue weighted by Crippen LogP contribution is 2.18. The third-order valence-corrected chi connectivity index (χ3v) is 4.15. The number of aryl methyl sites for hydroxylation is 1. The molecule has 26 heavy (non-hydrogen) atoms. The molecule has 0 atom stereocenters. The predicted molar refractivity (Wildman–Crippen MR) is 96.4 cm³/mol. The molecule has 0 bridgehead atoms. The van der Waals surface area contributed by atoms with Crippen LogP contribution in [0, 0.1) is 18.3 Å². The fourth-order valence-electron chi connectivity index (χ4n) is 2.87. The van der Waals surface area contributed by atoms with Gasteiger partial charge in [-0.1, -0.05) is 12.1 Å². The van der Waals surface area contributed by atoms with E-state index in [2.05, 4.69) is 26.1 Å². The average Bonchev–Trinajstić information content (AvgIpc) is 2.99. The molecular weight excluding hydrogens is 328 g/mol. The normalized spacial score (nSPS) is 10.8. The first-order valence-corrected chi connectivity index (χ1v) is 8.02. The summed E-state index contributed by atoms with van der Waals surface area (Å²) in [4.78, 5) is 24.0. The van der Waals surface area contributed by atoms with Crippen molar-refractivity contribution >= 4 is 11.0 Å². The van der Waals surface area contributed by atoms with Crippen molar-refractivity contribution in [2.45, 2.75) is 13.5 Å². The quantitative estimate of drug-likeness (QED) is 0.616. The zero-order chi connectivity index (χ0) is 18.1. The molecule has 7 nitrogen and oxygen atoms in total. The van der Waals surface area contributed by atoms with Gasteiger partial charge in [0.2, 0.25) is 0 Å². The van der Waals surface area contributed by atoms with Crippen LogP contribution in [0.1, 0.15) is 16.8 Å². The fraction of sp³-hybridized carbons (Fsp3) is 0.105. The predicted octanol–water partition coefficient (Wildman–Crippen LogP) is 2.41. The van der Waals surface area contributed by atoms with Crippen molar-refractivity contribution in [3.8, 4) is 17.5 Å². The van der Waals surface area contributed by atoms with E-state index in [-0.39, 0.29) is 5.56 Å². The van der Waals surface area contributed by atoms with Crippen LogP contribution in [0.3, 0.4) is 0 Å². The third kappa shape index (κ3) is 2.74. The van der Waals surface area contributed by atoms with Gasteiger partial charge in [0.1, 0.15) is 11.2 Å². The summed E-state index contributed by atoms with van der Waals surface area (Å²) >= 11 is 0. The van der Waals surface area contributed by atoms with E-state index in [9.17, 15) is 4.79 Å². The van der Waals surface area contributed by atoms with E-state index in [1.54, 1.807) is 48.3 Å². The monoisotopic (exact) mass is 342 g/mol. The number of benzene rings is 1. The van der Waals surface area contributed by atoms with Crippen molar-refractivity contribution < 1.29 is 0 Å². The number of nitrogens with one attached hydrogen (secondary N) is 1. The summed E-state index contributed by atoms with van der Waals surface area (Å²) in [5.41, 5.74) is 3.30. The standard InChI is InChI=1S/C19H14N6O/c1-12-16-18(22-17(23-19(16)26)15-6-8-21-9-7-15)25(24-12)11-14-4-2-13(10-20)3-5-14/h2-9H,11H2,1H3,(H,22,23,26). The molecule has 1 N–H and O–H groups in total. The van der Waals surface area contributed by atoms with E-state index in [0.29, 0.717) is 34.7 Å². The van der Waals surface area contributed by atoms with Crippen molar-refractivity contribution in [2.24, 2.45) is 0 Å². The van der Waals surface area contributed by atoms with Gasteiger partial charge < -0.3 is 4.98 Å². The molecule has 4 rings (SSSR count). The minimum atomic E-state index is -0.217. The van der Waals surface area contributed by atoms with Gasteiger partial charge in [0.15, 0.2) is 5.65 Å². The van der Waals surface area contributed by atoms with Crippen LogP contribution in [0.2, 0.25) is 0 Å². The topological polar surface area (TPSA) is 100 Å². The van der Waals surface area contributed by atoms with Crippen LogP contribution < -0.4 is 5.56 Å². The lowest BCUT2D eigenvalue weighted by Gasteiger charge is -2.05. The Hall–Kier alpha value is -3.79. The summed E-state index contributed by atoms with van der Waals surface area (Å²) in [7, 11) is 0. The largest absolute Gasteiger partial charge is 0.306 e. The smallest absolute Gasteiger partial charge is 0.262 e. The van der Waals surface area contributed by atoms with Crippen LogP contribution in [-0.4, -0.2) is 24.7 Å². The number of rotatable bonds is 3. The van der Waals surface area contributed by atoms with Crippen molar-refractivity contribution in [1.29, 1.82) is 5.26 Å². The number of aromatic amines is 1. The maximum Gasteiger partial charge on any atom is 0.262 e. The number of aromatic nitrogens is 5. The van der Waals surface area contributed by atoms with E-state index >= 15 is 0 Å². The molecule has 0 radical (unpaired) electrons. The van der Waals surface area contributed by atoms with Gasteiger partial charge in [-0.15, -0.1) is 0 Å². The Morgan fingerprint density at radius 3 is 2.58 bits per heavy atom. The van der Waals surface area contributed by atoms with Crippen LogP contribution >= 0.6 is 0 Å². The summed E-state index contributed by atoms with van der Waals surface area (Å²) in [6, 6.07) is 12.9. The first-order valence-electron chi connectivity index (χ1n) is 8.02. The SMILES string of the molecule is Cc1nn(Cc2ccc(C#N)cc2)c2nc(-c3ccncc3)[nH]c(=O)c12. The highest BCUT2D eigenvalue weighted by atomic mass is 16.1. The molecule has 3 aromatic heterocycles. The lowest BCUT2D eigenvalue weighted by atomic mass is 10.1. The van der Waals surface area contributed by atoms with Crippen LogP contribution in [0.15, 0.2) is 53.6 Å². The maximum atomic E-state index is 12.5. The van der Waals surface area contributed by atoms with Crippen LogP contribution in [0.4, 0.5) is 0 Å². The van der Waals surface area contributed by atoms with Gasteiger partial charge in [0.05, 0.1) is 23.9 Å². The van der Waals surface area contributed by atoms with E-state index in [1.807, 2.05) is 12.1 Å². The van der Waals surface area contributed by atoms with Crippen molar-refractivity contribution in [1.82, 2.24) is 24.7 Å². The highest BCUT2D eigenvalue weighted by molar-refractivity contribution is 5.79. The van der Waals surface area contributed by atoms with Gasteiger partial charge in [-0.25, -0.2) is 9.67 Å². The minimum absolute atomic E-state index is 0.217. The van der Waals surface area contributed by atoms with Crippen LogP contribution in [0.25, 0.3) is 22.4 Å². The molecule has 0 aliphatic heterocycles. The minimum Gasteiger partial charge on any atom is -0.306 e. The summed E-state index contributed by atoms with van der Waals surface area (Å²) in [6.07, 6.45) is 3.30. The van der Waals surface area contributed by atoms with E-state index in [4.69, 9.17) is 5.26 Å². The molecule has 0 saturated carbocycles. The fourth-order valence-corrected chi connectivity index (χ4v) is 2.87. The molecular formula is C19H14N6O. The number of hydrogen-bond acceptors (Lipinski definition) is 5. The van der Waals surface area contributed by atoms with Gasteiger partial charge in [-0.2, -0.15) is 10.4 Å². The Morgan fingerprint density at radius 2 is 1.88 bits per heavy atom. The second-order valence-electron chi connectivity index (χ2n) is 5.90. The zero-order valence-electron chi connectivity index (χ0n) is 14.0. The maximum absolute atomic E-state index is 12.5. The van der Waals surface area contributed by atoms with Gasteiger partial charge in [-0.05, 0) is 36.8 Å². The second kappa shape index (κ2) is 6.26. The number of fused-ring (bicyclic) bond motifs is 1. The van der Waals surface area contributed by atoms with E-state index in [1.165, 1.54) is 0 Å². The molecule has 0 amide bonds. The molecule has 126 valence electrons.